The molecule has 2 aromatic rings. The second kappa shape index (κ2) is 6.65. The van der Waals surface area contributed by atoms with Crippen LogP contribution in [0.3, 0.4) is 0 Å². The Morgan fingerprint density at radius 3 is 2.58 bits per heavy atom. The molecule has 0 saturated heterocycles. The van der Waals surface area contributed by atoms with E-state index in [1.165, 1.54) is 16.8 Å². The highest BCUT2D eigenvalue weighted by atomic mass is 28.4. The molecule has 0 bridgehead atoms. The van der Waals surface area contributed by atoms with Gasteiger partial charge in [-0.3, -0.25) is 4.79 Å². The number of carbonyl (C=O) groups is 1. The van der Waals surface area contributed by atoms with Crippen LogP contribution < -0.4 is 0 Å². The standard InChI is InChI=1S/C22H33NO2Si/c1-15-9-8-10-21(24)19-12-16-11-17(23(5)20(16)13-18(15)19)14-25-26(6,7)22(2,3)4/h11-13,15H,8-10,14H2,1-7H3. The summed E-state index contributed by atoms with van der Waals surface area (Å²) in [7, 11) is 0.332. The summed E-state index contributed by atoms with van der Waals surface area (Å²) >= 11 is 0. The molecule has 0 radical (unpaired) electrons. The van der Waals surface area contributed by atoms with Crippen LogP contribution in [-0.4, -0.2) is 18.7 Å². The van der Waals surface area contributed by atoms with Crippen LogP contribution in [0, 0.1) is 0 Å². The molecule has 1 unspecified atom stereocenters. The second-order valence-corrected chi connectivity index (χ2v) is 14.3. The highest BCUT2D eigenvalue weighted by molar-refractivity contribution is 6.74. The van der Waals surface area contributed by atoms with Crippen LogP contribution in [0.1, 0.15) is 74.5 Å². The Balaban J connectivity index is 1.98. The number of ketones is 1. The van der Waals surface area contributed by atoms with Gasteiger partial charge in [0.1, 0.15) is 0 Å². The van der Waals surface area contributed by atoms with Gasteiger partial charge in [-0.25, -0.2) is 0 Å². The van der Waals surface area contributed by atoms with E-state index < -0.39 is 8.32 Å². The molecule has 0 spiro atoms. The van der Waals surface area contributed by atoms with E-state index in [0.717, 1.165) is 23.8 Å². The predicted octanol–water partition coefficient (Wildman–Crippen LogP) is 6.17. The van der Waals surface area contributed by atoms with Gasteiger partial charge in [-0.15, -0.1) is 0 Å². The van der Waals surface area contributed by atoms with Crippen molar-refractivity contribution in [2.75, 3.05) is 0 Å². The predicted molar refractivity (Wildman–Crippen MR) is 112 cm³/mol. The summed E-state index contributed by atoms with van der Waals surface area (Å²) in [5, 5.41) is 1.36. The largest absolute Gasteiger partial charge is 0.411 e. The summed E-state index contributed by atoms with van der Waals surface area (Å²) in [6, 6.07) is 6.56. The number of rotatable bonds is 3. The van der Waals surface area contributed by atoms with E-state index in [1.807, 2.05) is 0 Å². The molecule has 1 aromatic carbocycles. The monoisotopic (exact) mass is 371 g/mol. The third-order valence-corrected chi connectivity index (χ3v) is 11.1. The topological polar surface area (TPSA) is 31.2 Å². The van der Waals surface area contributed by atoms with Gasteiger partial charge >= 0.3 is 0 Å². The van der Waals surface area contributed by atoms with Gasteiger partial charge in [0.25, 0.3) is 0 Å². The first kappa shape index (κ1) is 19.4. The Hall–Kier alpha value is -1.39. The van der Waals surface area contributed by atoms with Gasteiger partial charge in [-0.1, -0.05) is 27.7 Å². The van der Waals surface area contributed by atoms with Crippen LogP contribution in [0.2, 0.25) is 18.1 Å². The molecule has 0 fully saturated rings. The lowest BCUT2D eigenvalue weighted by atomic mass is 9.93. The van der Waals surface area contributed by atoms with Gasteiger partial charge < -0.3 is 8.99 Å². The van der Waals surface area contributed by atoms with Crippen LogP contribution in [-0.2, 0) is 18.1 Å². The minimum Gasteiger partial charge on any atom is -0.411 e. The summed E-state index contributed by atoms with van der Waals surface area (Å²) in [4.78, 5) is 12.5. The van der Waals surface area contributed by atoms with Gasteiger partial charge in [-0.2, -0.15) is 0 Å². The molecule has 1 atom stereocenters. The summed E-state index contributed by atoms with van der Waals surface area (Å²) in [6.07, 6.45) is 2.77. The molecular formula is C22H33NO2Si. The van der Waals surface area contributed by atoms with Gasteiger partial charge in [0.05, 0.1) is 6.61 Å². The first-order valence-electron chi connectivity index (χ1n) is 9.80. The number of benzene rings is 1. The van der Waals surface area contributed by atoms with Crippen LogP contribution in [0.15, 0.2) is 18.2 Å². The molecule has 3 rings (SSSR count). The minimum absolute atomic E-state index is 0.205. The third kappa shape index (κ3) is 3.41. The number of hydrogen-bond acceptors (Lipinski definition) is 2. The lowest BCUT2D eigenvalue weighted by Gasteiger charge is -2.36. The molecule has 1 heterocycles. The molecule has 0 aliphatic heterocycles. The van der Waals surface area contributed by atoms with Crippen molar-refractivity contribution < 1.29 is 9.22 Å². The normalized spacial score (nSPS) is 18.9. The number of hydrogen-bond donors (Lipinski definition) is 0. The number of carbonyl (C=O) groups excluding carboxylic acids is 1. The third-order valence-electron chi connectivity index (χ3n) is 6.57. The average molecular weight is 372 g/mol. The van der Waals surface area contributed by atoms with Crippen molar-refractivity contribution in [3.63, 3.8) is 0 Å². The zero-order chi connectivity index (χ0) is 19.3. The van der Waals surface area contributed by atoms with Gasteiger partial charge in [0.2, 0.25) is 0 Å². The van der Waals surface area contributed by atoms with E-state index in [9.17, 15) is 4.79 Å². The number of fused-ring (bicyclic) bond motifs is 2. The number of aryl methyl sites for hydroxylation is 1. The van der Waals surface area contributed by atoms with E-state index in [-0.39, 0.29) is 5.04 Å². The molecular weight excluding hydrogens is 338 g/mol. The van der Waals surface area contributed by atoms with Crippen LogP contribution >= 0.6 is 0 Å². The lowest BCUT2D eigenvalue weighted by Crippen LogP contribution is -2.40. The first-order valence-corrected chi connectivity index (χ1v) is 12.7. The molecule has 4 heteroatoms. The lowest BCUT2D eigenvalue weighted by molar-refractivity contribution is 0.0982. The molecule has 1 aliphatic carbocycles. The molecule has 26 heavy (non-hydrogen) atoms. The van der Waals surface area contributed by atoms with Crippen molar-refractivity contribution in [2.24, 2.45) is 7.05 Å². The maximum Gasteiger partial charge on any atom is 0.192 e. The van der Waals surface area contributed by atoms with Crippen molar-refractivity contribution in [3.8, 4) is 0 Å². The maximum atomic E-state index is 12.5. The van der Waals surface area contributed by atoms with Crippen molar-refractivity contribution >= 4 is 25.0 Å². The Morgan fingerprint density at radius 2 is 1.92 bits per heavy atom. The van der Waals surface area contributed by atoms with Gasteiger partial charge in [-0.05, 0) is 60.7 Å². The zero-order valence-electron chi connectivity index (χ0n) is 17.4. The molecule has 3 nitrogen and oxygen atoms in total. The van der Waals surface area contributed by atoms with Gasteiger partial charge in [0.15, 0.2) is 14.1 Å². The number of aromatic nitrogens is 1. The van der Waals surface area contributed by atoms with Crippen molar-refractivity contribution in [3.05, 3.63) is 35.0 Å². The zero-order valence-corrected chi connectivity index (χ0v) is 18.4. The van der Waals surface area contributed by atoms with E-state index in [2.05, 4.69) is 70.6 Å². The van der Waals surface area contributed by atoms with E-state index >= 15 is 0 Å². The molecule has 0 saturated carbocycles. The summed E-state index contributed by atoms with van der Waals surface area (Å²) < 4.78 is 8.67. The SMILES string of the molecule is CC1CCCC(=O)c2cc3cc(CO[Si](C)(C)C(C)(C)C)n(C)c3cc21. The fraction of sp³-hybridized carbons (Fsp3) is 0.591. The quantitative estimate of drug-likeness (QED) is 0.477. The first-order chi connectivity index (χ1) is 12.0. The Labute approximate surface area is 158 Å². The van der Waals surface area contributed by atoms with Crippen molar-refractivity contribution in [2.45, 2.75) is 77.6 Å². The Bertz CT molecular complexity index is 842. The van der Waals surface area contributed by atoms with Crippen molar-refractivity contribution in [1.29, 1.82) is 0 Å². The van der Waals surface area contributed by atoms with E-state index in [4.69, 9.17) is 4.43 Å². The van der Waals surface area contributed by atoms with E-state index in [1.54, 1.807) is 0 Å². The van der Waals surface area contributed by atoms with E-state index in [0.29, 0.717) is 24.7 Å². The second-order valence-electron chi connectivity index (χ2n) is 9.46. The number of nitrogens with zero attached hydrogens (tertiary/aromatic N) is 1. The van der Waals surface area contributed by atoms with Crippen LogP contribution in [0.4, 0.5) is 0 Å². The minimum atomic E-state index is -1.78. The van der Waals surface area contributed by atoms with Gasteiger partial charge in [0, 0.05) is 35.6 Å². The Morgan fingerprint density at radius 1 is 1.23 bits per heavy atom. The molecule has 0 N–H and O–H groups in total. The van der Waals surface area contributed by atoms with Crippen LogP contribution in [0.25, 0.3) is 10.9 Å². The average Bonchev–Trinajstić information content (AvgIpc) is 2.78. The summed E-state index contributed by atoms with van der Waals surface area (Å²) in [5.74, 6) is 0.747. The summed E-state index contributed by atoms with van der Waals surface area (Å²) in [5.41, 5.74) is 4.55. The maximum absolute atomic E-state index is 12.5. The van der Waals surface area contributed by atoms with Crippen LogP contribution in [0.5, 0.6) is 0 Å². The molecule has 1 aliphatic rings. The molecule has 0 amide bonds. The molecule has 1 aromatic heterocycles. The fourth-order valence-electron chi connectivity index (χ4n) is 3.58. The van der Waals surface area contributed by atoms with Crippen molar-refractivity contribution in [1.82, 2.24) is 4.57 Å². The Kier molecular flexibility index (Phi) is 4.95. The fourth-order valence-corrected chi connectivity index (χ4v) is 4.52. The number of Topliss-reactive ketones (excluding diaryl/α,β-unsaturated/α-hetero) is 1. The smallest absolute Gasteiger partial charge is 0.192 e. The summed E-state index contributed by atoms with van der Waals surface area (Å²) in [6.45, 7) is 14.3. The molecule has 142 valence electrons. The highest BCUT2D eigenvalue weighted by Crippen LogP contribution is 2.38. The highest BCUT2D eigenvalue weighted by Gasteiger charge is 2.37.